The largest absolute Gasteiger partial charge is 0.385 e. The van der Waals surface area contributed by atoms with Gasteiger partial charge in [-0.05, 0) is 12.8 Å². The molecule has 1 rings (SSSR count). The van der Waals surface area contributed by atoms with E-state index in [0.717, 1.165) is 25.1 Å². The first-order valence-electron chi connectivity index (χ1n) is 5.46. The van der Waals surface area contributed by atoms with Gasteiger partial charge in [-0.2, -0.15) is 10.2 Å². The number of nitrogens with zero attached hydrogens (tertiary/aromatic N) is 3. The molecule has 0 aliphatic rings. The van der Waals surface area contributed by atoms with Crippen LogP contribution in [0.5, 0.6) is 0 Å². The van der Waals surface area contributed by atoms with Gasteiger partial charge in [0.05, 0.1) is 6.07 Å². The third-order valence-corrected chi connectivity index (χ3v) is 2.34. The zero-order chi connectivity index (χ0) is 11.8. The molecule has 0 amide bonds. The van der Waals surface area contributed by atoms with Crippen LogP contribution in [0.15, 0.2) is 4.52 Å². The van der Waals surface area contributed by atoms with Crippen molar-refractivity contribution in [2.75, 3.05) is 13.7 Å². The summed E-state index contributed by atoms with van der Waals surface area (Å²) in [6.45, 7) is 2.69. The number of nitriles is 1. The summed E-state index contributed by atoms with van der Waals surface area (Å²) >= 11 is 0. The zero-order valence-corrected chi connectivity index (χ0v) is 9.77. The quantitative estimate of drug-likeness (QED) is 0.661. The van der Waals surface area contributed by atoms with Crippen LogP contribution in [0.3, 0.4) is 0 Å². The molecule has 0 radical (unpaired) electrons. The minimum Gasteiger partial charge on any atom is -0.385 e. The second-order valence-corrected chi connectivity index (χ2v) is 3.74. The topological polar surface area (TPSA) is 71.9 Å². The van der Waals surface area contributed by atoms with Crippen molar-refractivity contribution >= 4 is 0 Å². The third kappa shape index (κ3) is 3.99. The Balaban J connectivity index is 2.41. The molecule has 1 aromatic rings. The van der Waals surface area contributed by atoms with Crippen molar-refractivity contribution in [1.82, 2.24) is 10.1 Å². The van der Waals surface area contributed by atoms with E-state index in [1.807, 2.05) is 6.92 Å². The van der Waals surface area contributed by atoms with E-state index in [2.05, 4.69) is 16.2 Å². The van der Waals surface area contributed by atoms with Gasteiger partial charge in [0.25, 0.3) is 0 Å². The van der Waals surface area contributed by atoms with E-state index in [0.29, 0.717) is 18.9 Å². The van der Waals surface area contributed by atoms with Crippen LogP contribution in [-0.4, -0.2) is 23.9 Å². The molecule has 1 unspecified atom stereocenters. The maximum Gasteiger partial charge on any atom is 0.229 e. The van der Waals surface area contributed by atoms with Crippen LogP contribution < -0.4 is 0 Å². The molecule has 16 heavy (non-hydrogen) atoms. The van der Waals surface area contributed by atoms with E-state index in [1.165, 1.54) is 0 Å². The number of rotatable bonds is 7. The molecule has 5 heteroatoms. The molecule has 1 aromatic heterocycles. The number of ether oxygens (including phenoxy) is 1. The highest BCUT2D eigenvalue weighted by Gasteiger charge is 2.13. The molecule has 0 spiro atoms. The lowest BCUT2D eigenvalue weighted by Crippen LogP contribution is -1.96. The number of hydrogen-bond acceptors (Lipinski definition) is 5. The molecule has 88 valence electrons. The van der Waals surface area contributed by atoms with Gasteiger partial charge in [-0.15, -0.1) is 0 Å². The van der Waals surface area contributed by atoms with Crippen LogP contribution in [0.25, 0.3) is 0 Å². The standard InChI is InChI=1S/C11H17N3O2/c1-9(5-3-7-12)11-13-10(14-16-11)6-4-8-15-2/h9H,3-6,8H2,1-2H3. The van der Waals surface area contributed by atoms with Crippen LogP contribution in [0.1, 0.15) is 43.8 Å². The van der Waals surface area contributed by atoms with Crippen molar-refractivity contribution in [1.29, 1.82) is 5.26 Å². The van der Waals surface area contributed by atoms with Crippen LogP contribution in [0.2, 0.25) is 0 Å². The SMILES string of the molecule is COCCCc1noc(C(C)CCC#N)n1. The predicted octanol–water partition coefficient (Wildman–Crippen LogP) is 2.06. The molecule has 0 bridgehead atoms. The Bertz CT molecular complexity index is 343. The van der Waals surface area contributed by atoms with Crippen LogP contribution in [0, 0.1) is 11.3 Å². The maximum atomic E-state index is 8.48. The van der Waals surface area contributed by atoms with Gasteiger partial charge in [-0.25, -0.2) is 0 Å². The molecule has 0 aliphatic carbocycles. The molecule has 0 saturated heterocycles. The van der Waals surface area contributed by atoms with Crippen LogP contribution >= 0.6 is 0 Å². The summed E-state index contributed by atoms with van der Waals surface area (Å²) in [5, 5.41) is 12.4. The lowest BCUT2D eigenvalue weighted by Gasteiger charge is -2.00. The second kappa shape index (κ2) is 6.96. The van der Waals surface area contributed by atoms with Gasteiger partial charge >= 0.3 is 0 Å². The molecule has 1 atom stereocenters. The van der Waals surface area contributed by atoms with E-state index in [1.54, 1.807) is 7.11 Å². The van der Waals surface area contributed by atoms with Crippen molar-refractivity contribution in [2.45, 2.75) is 38.5 Å². The highest BCUT2D eigenvalue weighted by Crippen LogP contribution is 2.18. The highest BCUT2D eigenvalue weighted by atomic mass is 16.5. The Morgan fingerprint density at radius 2 is 2.38 bits per heavy atom. The van der Waals surface area contributed by atoms with Crippen molar-refractivity contribution in [2.24, 2.45) is 0 Å². The fourth-order valence-electron chi connectivity index (χ4n) is 1.35. The predicted molar refractivity (Wildman–Crippen MR) is 57.8 cm³/mol. The Morgan fingerprint density at radius 3 is 3.06 bits per heavy atom. The maximum absolute atomic E-state index is 8.48. The van der Waals surface area contributed by atoms with E-state index in [9.17, 15) is 0 Å². The minimum absolute atomic E-state index is 0.156. The van der Waals surface area contributed by atoms with Crippen molar-refractivity contribution < 1.29 is 9.26 Å². The monoisotopic (exact) mass is 223 g/mol. The Labute approximate surface area is 95.4 Å². The van der Waals surface area contributed by atoms with Crippen molar-refractivity contribution in [3.05, 3.63) is 11.7 Å². The lowest BCUT2D eigenvalue weighted by atomic mass is 10.1. The minimum atomic E-state index is 0.156. The first-order chi connectivity index (χ1) is 7.77. The molecule has 0 saturated carbocycles. The molecule has 0 aliphatic heterocycles. The molecule has 5 nitrogen and oxygen atoms in total. The van der Waals surface area contributed by atoms with Crippen LogP contribution in [0.4, 0.5) is 0 Å². The highest BCUT2D eigenvalue weighted by molar-refractivity contribution is 4.93. The summed E-state index contributed by atoms with van der Waals surface area (Å²) in [7, 11) is 1.67. The smallest absolute Gasteiger partial charge is 0.229 e. The number of aromatic nitrogens is 2. The summed E-state index contributed by atoms with van der Waals surface area (Å²) in [4.78, 5) is 4.29. The molecule has 1 heterocycles. The molecule has 0 N–H and O–H groups in total. The first-order valence-corrected chi connectivity index (χ1v) is 5.46. The second-order valence-electron chi connectivity index (χ2n) is 3.74. The fraction of sp³-hybridized carbons (Fsp3) is 0.727. The molecular weight excluding hydrogens is 206 g/mol. The average Bonchev–Trinajstić information content (AvgIpc) is 2.75. The van der Waals surface area contributed by atoms with E-state index in [4.69, 9.17) is 14.5 Å². The normalized spacial score (nSPS) is 12.3. The van der Waals surface area contributed by atoms with Gasteiger partial charge < -0.3 is 9.26 Å². The Morgan fingerprint density at radius 1 is 1.56 bits per heavy atom. The summed E-state index contributed by atoms with van der Waals surface area (Å²) < 4.78 is 10.1. The van der Waals surface area contributed by atoms with Crippen LogP contribution in [-0.2, 0) is 11.2 Å². The van der Waals surface area contributed by atoms with Crippen molar-refractivity contribution in [3.8, 4) is 6.07 Å². The summed E-state index contributed by atoms with van der Waals surface area (Å²) in [5.74, 6) is 1.50. The zero-order valence-electron chi connectivity index (χ0n) is 9.77. The van der Waals surface area contributed by atoms with Gasteiger partial charge in [0.15, 0.2) is 5.82 Å². The van der Waals surface area contributed by atoms with E-state index in [-0.39, 0.29) is 5.92 Å². The summed E-state index contributed by atoms with van der Waals surface area (Å²) in [6, 6.07) is 2.11. The number of methoxy groups -OCH3 is 1. The number of hydrogen-bond donors (Lipinski definition) is 0. The van der Waals surface area contributed by atoms with E-state index >= 15 is 0 Å². The fourth-order valence-corrected chi connectivity index (χ4v) is 1.35. The van der Waals surface area contributed by atoms with Gasteiger partial charge in [0.2, 0.25) is 5.89 Å². The molecular formula is C11H17N3O2. The summed E-state index contributed by atoms with van der Waals surface area (Å²) in [6.07, 6.45) is 2.93. The molecule has 0 fully saturated rings. The molecule has 0 aromatic carbocycles. The van der Waals surface area contributed by atoms with Gasteiger partial charge in [0, 0.05) is 32.5 Å². The van der Waals surface area contributed by atoms with Gasteiger partial charge in [-0.3, -0.25) is 0 Å². The lowest BCUT2D eigenvalue weighted by molar-refractivity contribution is 0.194. The third-order valence-electron chi connectivity index (χ3n) is 2.34. The van der Waals surface area contributed by atoms with E-state index < -0.39 is 0 Å². The summed E-state index contributed by atoms with van der Waals surface area (Å²) in [5.41, 5.74) is 0. The average molecular weight is 223 g/mol. The Kier molecular flexibility index (Phi) is 5.51. The van der Waals surface area contributed by atoms with Gasteiger partial charge in [0.1, 0.15) is 0 Å². The number of aryl methyl sites for hydroxylation is 1. The first kappa shape index (κ1) is 12.7. The van der Waals surface area contributed by atoms with Gasteiger partial charge in [-0.1, -0.05) is 12.1 Å². The van der Waals surface area contributed by atoms with Crippen molar-refractivity contribution in [3.63, 3.8) is 0 Å². The Hall–Kier alpha value is -1.41.